The van der Waals surface area contributed by atoms with E-state index in [0.717, 1.165) is 29.9 Å². The van der Waals surface area contributed by atoms with Crippen molar-refractivity contribution in [3.63, 3.8) is 0 Å². The Morgan fingerprint density at radius 3 is 2.26 bits per heavy atom. The highest BCUT2D eigenvalue weighted by atomic mass is 16.5. The highest BCUT2D eigenvalue weighted by molar-refractivity contribution is 5.96. The molecule has 1 aromatic heterocycles. The lowest BCUT2D eigenvalue weighted by Crippen LogP contribution is -2.32. The number of pyridine rings is 1. The molecule has 170 valence electrons. The van der Waals surface area contributed by atoms with E-state index in [1.54, 1.807) is 23.1 Å². The van der Waals surface area contributed by atoms with Crippen molar-refractivity contribution in [2.75, 3.05) is 0 Å². The molecule has 1 fully saturated rings. The second-order valence-corrected chi connectivity index (χ2v) is 8.43. The van der Waals surface area contributed by atoms with Gasteiger partial charge in [-0.1, -0.05) is 24.8 Å². The van der Waals surface area contributed by atoms with Crippen LogP contribution in [-0.4, -0.2) is 27.6 Å². The molecule has 5 rings (SSSR count). The van der Waals surface area contributed by atoms with Gasteiger partial charge in [0, 0.05) is 18.2 Å². The number of benzene rings is 2. The number of para-hydroxylation sites is 1. The molecule has 2 aromatic carbocycles. The molecule has 2 aliphatic rings. The largest absolute Gasteiger partial charge is 0.457 e. The number of ketones is 1. The van der Waals surface area contributed by atoms with Crippen LogP contribution in [0.25, 0.3) is 0 Å². The summed E-state index contributed by atoms with van der Waals surface area (Å²) in [5.41, 5.74) is 2.43. The first-order valence-electron chi connectivity index (χ1n) is 11.2. The first kappa shape index (κ1) is 21.6. The van der Waals surface area contributed by atoms with Crippen LogP contribution in [-0.2, 0) is 4.79 Å². The highest BCUT2D eigenvalue weighted by Crippen LogP contribution is 2.46. The third-order valence-electron chi connectivity index (χ3n) is 6.19. The van der Waals surface area contributed by atoms with Crippen LogP contribution in [0.5, 0.6) is 23.1 Å². The molecule has 2 unspecified atom stereocenters. The second kappa shape index (κ2) is 8.98. The molecular weight excluding hydrogens is 428 g/mol. The van der Waals surface area contributed by atoms with Gasteiger partial charge in [-0.25, -0.2) is 4.98 Å². The van der Waals surface area contributed by atoms with Gasteiger partial charge in [0.1, 0.15) is 17.2 Å². The fourth-order valence-electron chi connectivity index (χ4n) is 4.53. The van der Waals surface area contributed by atoms with Gasteiger partial charge in [0.15, 0.2) is 5.78 Å². The minimum Gasteiger partial charge on any atom is -0.457 e. The van der Waals surface area contributed by atoms with Crippen molar-refractivity contribution >= 4 is 11.7 Å². The number of amides is 1. The van der Waals surface area contributed by atoms with E-state index in [1.807, 2.05) is 54.7 Å². The molecule has 1 aliphatic carbocycles. The maximum atomic E-state index is 12.2. The molecule has 0 radical (unpaired) electrons. The Morgan fingerprint density at radius 1 is 0.971 bits per heavy atom. The quantitative estimate of drug-likeness (QED) is 0.324. The zero-order valence-electron chi connectivity index (χ0n) is 18.8. The Labute approximate surface area is 198 Å². The predicted molar refractivity (Wildman–Crippen MR) is 128 cm³/mol. The molecule has 2 heterocycles. The summed E-state index contributed by atoms with van der Waals surface area (Å²) in [5.74, 6) is 2.17. The lowest BCUT2D eigenvalue weighted by atomic mass is 9.96. The van der Waals surface area contributed by atoms with Crippen LogP contribution in [0.4, 0.5) is 0 Å². The zero-order chi connectivity index (χ0) is 23.7. The van der Waals surface area contributed by atoms with Gasteiger partial charge in [-0.3, -0.25) is 9.59 Å². The lowest BCUT2D eigenvalue weighted by Gasteiger charge is -2.25. The van der Waals surface area contributed by atoms with Crippen molar-refractivity contribution in [1.29, 1.82) is 0 Å². The van der Waals surface area contributed by atoms with Crippen molar-refractivity contribution in [2.24, 2.45) is 0 Å². The van der Waals surface area contributed by atoms with Crippen molar-refractivity contribution in [2.45, 2.75) is 31.7 Å². The number of Topliss-reactive ketones (excluding diaryl/α,β-unsaturated/α-hetero) is 1. The van der Waals surface area contributed by atoms with E-state index in [9.17, 15) is 9.59 Å². The smallest absolute Gasteiger partial charge is 0.250 e. The van der Waals surface area contributed by atoms with Crippen LogP contribution < -0.4 is 9.47 Å². The van der Waals surface area contributed by atoms with Crippen LogP contribution in [0.15, 0.2) is 91.2 Å². The van der Waals surface area contributed by atoms with E-state index in [4.69, 9.17) is 14.5 Å². The Kier molecular flexibility index (Phi) is 5.72. The molecule has 1 saturated carbocycles. The summed E-state index contributed by atoms with van der Waals surface area (Å²) in [6, 6.07) is 20.5. The molecule has 2 atom stereocenters. The van der Waals surface area contributed by atoms with Crippen molar-refractivity contribution in [3.05, 3.63) is 102 Å². The first-order chi connectivity index (χ1) is 16.5. The van der Waals surface area contributed by atoms with Crippen LogP contribution in [0, 0.1) is 0 Å². The third-order valence-corrected chi connectivity index (χ3v) is 6.19. The average molecular weight is 453 g/mol. The molecule has 6 heteroatoms. The van der Waals surface area contributed by atoms with Crippen molar-refractivity contribution in [1.82, 2.24) is 9.88 Å². The number of carbonyl (C=O) groups is 2. The van der Waals surface area contributed by atoms with E-state index in [0.29, 0.717) is 17.1 Å². The topological polar surface area (TPSA) is 68.7 Å². The summed E-state index contributed by atoms with van der Waals surface area (Å²) < 4.78 is 11.9. The van der Waals surface area contributed by atoms with Gasteiger partial charge in [-0.05, 0) is 79.9 Å². The summed E-state index contributed by atoms with van der Waals surface area (Å²) in [6.45, 7) is 5.08. The van der Waals surface area contributed by atoms with Crippen LogP contribution in [0.3, 0.4) is 0 Å². The zero-order valence-corrected chi connectivity index (χ0v) is 18.8. The monoisotopic (exact) mass is 452 g/mol. The highest BCUT2D eigenvalue weighted by Gasteiger charge is 2.41. The molecule has 0 N–H and O–H groups in total. The summed E-state index contributed by atoms with van der Waals surface area (Å²) >= 11 is 0. The van der Waals surface area contributed by atoms with Gasteiger partial charge in [0.25, 0.3) is 0 Å². The number of ether oxygens (including phenoxy) is 2. The number of rotatable bonds is 7. The summed E-state index contributed by atoms with van der Waals surface area (Å²) in [5, 5.41) is 0. The van der Waals surface area contributed by atoms with Crippen LogP contribution >= 0.6 is 0 Å². The van der Waals surface area contributed by atoms with E-state index in [-0.39, 0.29) is 29.5 Å². The average Bonchev–Trinajstić information content (AvgIpc) is 3.47. The number of carbonyl (C=O) groups excluding carboxylic acids is 2. The van der Waals surface area contributed by atoms with Gasteiger partial charge in [0.2, 0.25) is 11.8 Å². The Morgan fingerprint density at radius 2 is 1.65 bits per heavy atom. The van der Waals surface area contributed by atoms with E-state index >= 15 is 0 Å². The fraction of sp³-hybridized carbons (Fsp3) is 0.179. The number of hydrogen-bond donors (Lipinski definition) is 0. The van der Waals surface area contributed by atoms with Gasteiger partial charge in [-0.15, -0.1) is 0 Å². The summed E-state index contributed by atoms with van der Waals surface area (Å²) in [4.78, 5) is 30.7. The maximum Gasteiger partial charge on any atom is 0.250 e. The van der Waals surface area contributed by atoms with Crippen molar-refractivity contribution < 1.29 is 19.1 Å². The first-order valence-corrected chi connectivity index (χ1v) is 11.2. The van der Waals surface area contributed by atoms with E-state index < -0.39 is 0 Å². The van der Waals surface area contributed by atoms with Gasteiger partial charge >= 0.3 is 0 Å². The molecule has 1 aliphatic heterocycles. The van der Waals surface area contributed by atoms with Gasteiger partial charge in [0.05, 0.1) is 11.3 Å². The Balaban J connectivity index is 1.37. The Bertz CT molecular complexity index is 1280. The summed E-state index contributed by atoms with van der Waals surface area (Å²) in [6.07, 6.45) is 4.88. The molecule has 6 nitrogen and oxygen atoms in total. The van der Waals surface area contributed by atoms with Gasteiger partial charge in [-0.2, -0.15) is 0 Å². The van der Waals surface area contributed by atoms with Crippen molar-refractivity contribution in [3.8, 4) is 23.1 Å². The predicted octanol–water partition coefficient (Wildman–Crippen LogP) is 6.03. The minimum absolute atomic E-state index is 0.0814. The maximum absolute atomic E-state index is 12.2. The van der Waals surface area contributed by atoms with Crippen LogP contribution in [0.2, 0.25) is 0 Å². The molecule has 3 aromatic rings. The number of hydrogen-bond acceptors (Lipinski definition) is 5. The number of fused-ring (bicyclic) bond motifs is 2. The molecule has 34 heavy (non-hydrogen) atoms. The normalized spacial score (nSPS) is 18.4. The third kappa shape index (κ3) is 4.22. The second-order valence-electron chi connectivity index (χ2n) is 8.43. The number of aromatic nitrogens is 1. The van der Waals surface area contributed by atoms with Gasteiger partial charge < -0.3 is 14.4 Å². The van der Waals surface area contributed by atoms with E-state index in [1.165, 1.54) is 13.0 Å². The molecular formula is C28H24N2O4. The Hall–Kier alpha value is -4.19. The molecule has 2 bridgehead atoms. The van der Waals surface area contributed by atoms with Crippen LogP contribution in [0.1, 0.15) is 41.7 Å². The van der Waals surface area contributed by atoms with E-state index in [2.05, 4.69) is 6.58 Å². The fourth-order valence-corrected chi connectivity index (χ4v) is 4.53. The summed E-state index contributed by atoms with van der Waals surface area (Å²) in [7, 11) is 0. The molecule has 1 amide bonds. The molecule has 0 saturated heterocycles. The lowest BCUT2D eigenvalue weighted by molar-refractivity contribution is -0.125. The molecule has 0 spiro atoms. The number of nitrogens with zero attached hydrogens (tertiary/aromatic N) is 2. The minimum atomic E-state index is -0.118. The standard InChI is InChI=1S/C28H24N2O4/c1-3-27(32)30-17-19-15-20(30)16-25(19)26-14-13-24(18(2)31)28(29-26)34-23-11-9-22(10-12-23)33-21-7-5-4-6-8-21/h3-14,17,20,25H,1,15-16H2,2H3. The SMILES string of the molecule is C=CC(=O)N1C=C2CC1CC2c1ccc(C(C)=O)c(Oc2ccc(Oc3ccccc3)cc2)n1.